The van der Waals surface area contributed by atoms with Gasteiger partial charge >= 0.3 is 0 Å². The van der Waals surface area contributed by atoms with Crippen LogP contribution in [-0.2, 0) is 4.79 Å². The Balaban J connectivity index is 0.00000256. The van der Waals surface area contributed by atoms with Gasteiger partial charge in [-0.1, -0.05) is 13.3 Å². The minimum absolute atomic E-state index is 0. The highest BCUT2D eigenvalue weighted by atomic mass is 35.5. The van der Waals surface area contributed by atoms with Gasteiger partial charge in [0.1, 0.15) is 0 Å². The van der Waals surface area contributed by atoms with E-state index in [1.54, 1.807) is 0 Å². The second-order valence-corrected chi connectivity index (χ2v) is 5.59. The monoisotopic (exact) mass is 280 g/mol. The maximum Gasteiger partial charge on any atom is 0.223 e. The Morgan fingerprint density at radius 1 is 1.47 bits per heavy atom. The summed E-state index contributed by atoms with van der Waals surface area (Å²) in [6.45, 7) is 4.21. The van der Waals surface area contributed by atoms with Crippen molar-refractivity contribution in [2.45, 2.75) is 38.6 Å². The van der Waals surface area contributed by atoms with E-state index in [1.165, 1.54) is 18.6 Å². The van der Waals surface area contributed by atoms with Gasteiger partial charge < -0.3 is 10.2 Å². The number of carbonyl (C=O) groups is 1. The molecule has 0 aromatic carbocycles. The molecule has 0 radical (unpaired) electrons. The first-order chi connectivity index (χ1) is 7.75. The Hall–Kier alpha value is 0.0700. The maximum atomic E-state index is 11.8. The summed E-state index contributed by atoms with van der Waals surface area (Å²) in [7, 11) is 1.94. The molecule has 1 unspecified atom stereocenters. The van der Waals surface area contributed by atoms with Crippen LogP contribution in [0.25, 0.3) is 0 Å². The van der Waals surface area contributed by atoms with E-state index in [1.807, 2.05) is 23.7 Å². The van der Waals surface area contributed by atoms with E-state index in [4.69, 9.17) is 0 Å². The molecule has 0 aromatic heterocycles. The molecule has 1 fully saturated rings. The Morgan fingerprint density at radius 2 is 2.24 bits per heavy atom. The summed E-state index contributed by atoms with van der Waals surface area (Å²) >= 11 is 1.90. The van der Waals surface area contributed by atoms with Crippen LogP contribution in [0.4, 0.5) is 0 Å². The van der Waals surface area contributed by atoms with Gasteiger partial charge in [-0.25, -0.2) is 0 Å². The molecule has 1 aliphatic heterocycles. The molecule has 3 nitrogen and oxygen atoms in total. The summed E-state index contributed by atoms with van der Waals surface area (Å²) in [4.78, 5) is 13.8. The van der Waals surface area contributed by atoms with Crippen LogP contribution in [0.3, 0.4) is 0 Å². The van der Waals surface area contributed by atoms with E-state index in [0.29, 0.717) is 18.4 Å². The molecule has 1 saturated heterocycles. The summed E-state index contributed by atoms with van der Waals surface area (Å²) in [6.07, 6.45) is 4.31. The van der Waals surface area contributed by atoms with E-state index in [2.05, 4.69) is 12.2 Å². The van der Waals surface area contributed by atoms with Crippen molar-refractivity contribution in [3.05, 3.63) is 0 Å². The Morgan fingerprint density at radius 3 is 2.82 bits per heavy atom. The van der Waals surface area contributed by atoms with E-state index >= 15 is 0 Å². The molecule has 0 aliphatic carbocycles. The molecule has 17 heavy (non-hydrogen) atoms. The molecule has 0 saturated carbocycles. The fourth-order valence-electron chi connectivity index (χ4n) is 1.86. The summed E-state index contributed by atoms with van der Waals surface area (Å²) in [5, 5.41) is 3.29. The lowest BCUT2D eigenvalue weighted by Gasteiger charge is -2.23. The zero-order valence-corrected chi connectivity index (χ0v) is 12.5. The minimum atomic E-state index is 0. The van der Waals surface area contributed by atoms with Crippen LogP contribution in [0.2, 0.25) is 0 Å². The van der Waals surface area contributed by atoms with E-state index in [0.717, 1.165) is 25.3 Å². The second kappa shape index (κ2) is 10.0. The number of likely N-dealkylation sites (N-methyl/N-ethyl adjacent to an activating group) is 1. The van der Waals surface area contributed by atoms with Gasteiger partial charge in [-0.3, -0.25) is 4.79 Å². The normalized spacial score (nSPS) is 18.8. The van der Waals surface area contributed by atoms with Crippen LogP contribution in [0.15, 0.2) is 0 Å². The van der Waals surface area contributed by atoms with Gasteiger partial charge in [-0.2, -0.15) is 11.8 Å². The van der Waals surface area contributed by atoms with Gasteiger partial charge in [0.15, 0.2) is 0 Å². The first-order valence-electron chi connectivity index (χ1n) is 6.29. The molecule has 5 heteroatoms. The topological polar surface area (TPSA) is 32.3 Å². The number of carbonyl (C=O) groups excluding carboxylic acids is 1. The fraction of sp³-hybridized carbons (Fsp3) is 0.917. The van der Waals surface area contributed by atoms with Crippen molar-refractivity contribution in [3.8, 4) is 0 Å². The molecule has 1 aliphatic rings. The van der Waals surface area contributed by atoms with Crippen LogP contribution >= 0.6 is 24.2 Å². The van der Waals surface area contributed by atoms with E-state index in [-0.39, 0.29) is 12.4 Å². The molecular weight excluding hydrogens is 256 g/mol. The van der Waals surface area contributed by atoms with Crippen LogP contribution in [0.1, 0.15) is 32.6 Å². The summed E-state index contributed by atoms with van der Waals surface area (Å²) < 4.78 is 0. The van der Waals surface area contributed by atoms with Gasteiger partial charge in [0.25, 0.3) is 0 Å². The zero-order chi connectivity index (χ0) is 11.8. The third kappa shape index (κ3) is 6.53. The van der Waals surface area contributed by atoms with Crippen LogP contribution in [0, 0.1) is 0 Å². The van der Waals surface area contributed by atoms with Crippen molar-refractivity contribution in [2.75, 3.05) is 31.6 Å². The van der Waals surface area contributed by atoms with Crippen molar-refractivity contribution < 1.29 is 4.79 Å². The molecule has 0 bridgehead atoms. The number of halogens is 1. The molecule has 102 valence electrons. The zero-order valence-electron chi connectivity index (χ0n) is 10.9. The lowest BCUT2D eigenvalue weighted by Crippen LogP contribution is -2.38. The second-order valence-electron chi connectivity index (χ2n) is 4.37. The smallest absolute Gasteiger partial charge is 0.223 e. The number of amides is 1. The number of thioether (sulfide) groups is 1. The van der Waals surface area contributed by atoms with Gasteiger partial charge in [-0.05, 0) is 25.1 Å². The number of rotatable bonds is 7. The fourth-order valence-corrected chi connectivity index (χ4v) is 2.87. The molecule has 1 atom stereocenters. The van der Waals surface area contributed by atoms with E-state index in [9.17, 15) is 4.79 Å². The first kappa shape index (κ1) is 17.1. The summed E-state index contributed by atoms with van der Waals surface area (Å²) in [5.41, 5.74) is 0. The SMILES string of the molecule is CCCCSCCC(=O)N(C)C1CCNC1.Cl. The predicted octanol–water partition coefficient (Wildman–Crippen LogP) is 2.15. The molecule has 1 rings (SSSR count). The number of nitrogens with zero attached hydrogens (tertiary/aromatic N) is 1. The molecule has 1 amide bonds. The number of nitrogens with one attached hydrogen (secondary N) is 1. The van der Waals surface area contributed by atoms with Crippen LogP contribution < -0.4 is 5.32 Å². The minimum Gasteiger partial charge on any atom is -0.341 e. The van der Waals surface area contributed by atoms with Gasteiger partial charge in [0.2, 0.25) is 5.91 Å². The number of unbranched alkanes of at least 4 members (excludes halogenated alkanes) is 1. The molecule has 1 N–H and O–H groups in total. The van der Waals surface area contributed by atoms with Crippen molar-refractivity contribution >= 4 is 30.1 Å². The summed E-state index contributed by atoms with van der Waals surface area (Å²) in [6, 6.07) is 0.424. The number of hydrogen-bond acceptors (Lipinski definition) is 3. The maximum absolute atomic E-state index is 11.8. The quantitative estimate of drug-likeness (QED) is 0.726. The average Bonchev–Trinajstić information content (AvgIpc) is 2.81. The van der Waals surface area contributed by atoms with Gasteiger partial charge in [-0.15, -0.1) is 12.4 Å². The highest BCUT2D eigenvalue weighted by molar-refractivity contribution is 7.99. The molecule has 0 spiro atoms. The Bertz CT molecular complexity index is 211. The standard InChI is InChI=1S/C12H24N2OS.ClH/c1-3-4-8-16-9-6-12(15)14(2)11-5-7-13-10-11;/h11,13H,3-10H2,1-2H3;1H. The first-order valence-corrected chi connectivity index (χ1v) is 7.45. The lowest BCUT2D eigenvalue weighted by molar-refractivity contribution is -0.131. The van der Waals surface area contributed by atoms with Crippen molar-refractivity contribution in [2.24, 2.45) is 0 Å². The Labute approximate surface area is 115 Å². The van der Waals surface area contributed by atoms with Crippen LogP contribution in [0.5, 0.6) is 0 Å². The lowest BCUT2D eigenvalue weighted by atomic mass is 10.2. The number of hydrogen-bond donors (Lipinski definition) is 1. The summed E-state index contributed by atoms with van der Waals surface area (Å²) in [5.74, 6) is 2.47. The molecule has 1 heterocycles. The van der Waals surface area contributed by atoms with Crippen molar-refractivity contribution in [1.82, 2.24) is 10.2 Å². The van der Waals surface area contributed by atoms with Crippen molar-refractivity contribution in [3.63, 3.8) is 0 Å². The molecular formula is C12H25ClN2OS. The average molecular weight is 281 g/mol. The third-order valence-electron chi connectivity index (χ3n) is 3.08. The van der Waals surface area contributed by atoms with E-state index < -0.39 is 0 Å². The highest BCUT2D eigenvalue weighted by Crippen LogP contribution is 2.11. The largest absolute Gasteiger partial charge is 0.341 e. The third-order valence-corrected chi connectivity index (χ3v) is 4.15. The van der Waals surface area contributed by atoms with Crippen LogP contribution in [-0.4, -0.2) is 48.5 Å². The molecule has 0 aromatic rings. The van der Waals surface area contributed by atoms with Gasteiger partial charge in [0.05, 0.1) is 0 Å². The highest BCUT2D eigenvalue weighted by Gasteiger charge is 2.22. The predicted molar refractivity (Wildman–Crippen MR) is 78.1 cm³/mol. The van der Waals surface area contributed by atoms with Crippen molar-refractivity contribution in [1.29, 1.82) is 0 Å². The van der Waals surface area contributed by atoms with Gasteiger partial charge in [0, 0.05) is 31.8 Å². The Kier molecular flexibility index (Phi) is 10.1.